The number of carbonyl (C=O) groups excluding carboxylic acids is 1. The van der Waals surface area contributed by atoms with E-state index in [4.69, 9.17) is 0 Å². The fourth-order valence-electron chi connectivity index (χ4n) is 3.06. The highest BCUT2D eigenvalue weighted by molar-refractivity contribution is 5.85. The monoisotopic (exact) mass is 375 g/mol. The minimum absolute atomic E-state index is 0. The smallest absolute Gasteiger partial charge is 0.220 e. The third-order valence-electron chi connectivity index (χ3n) is 4.34. The Bertz CT molecular complexity index is 445. The maximum absolute atomic E-state index is 11.9. The number of carbonyl (C=O) groups is 1. The van der Waals surface area contributed by atoms with Crippen LogP contribution < -0.4 is 10.6 Å². The summed E-state index contributed by atoms with van der Waals surface area (Å²) in [5, 5.41) is 6.19. The zero-order valence-electron chi connectivity index (χ0n) is 14.5. The van der Waals surface area contributed by atoms with E-state index in [9.17, 15) is 4.79 Å². The number of amides is 1. The van der Waals surface area contributed by atoms with Gasteiger partial charge >= 0.3 is 0 Å². The van der Waals surface area contributed by atoms with Gasteiger partial charge in [-0.15, -0.1) is 24.8 Å². The van der Waals surface area contributed by atoms with Crippen LogP contribution in [0.15, 0.2) is 30.3 Å². The molecule has 138 valence electrons. The molecule has 24 heavy (non-hydrogen) atoms. The summed E-state index contributed by atoms with van der Waals surface area (Å²) < 4.78 is 0. The fourth-order valence-corrected chi connectivity index (χ4v) is 3.06. The summed E-state index contributed by atoms with van der Waals surface area (Å²) in [6.45, 7) is 3.80. The van der Waals surface area contributed by atoms with E-state index < -0.39 is 0 Å². The fraction of sp³-hybridized carbons (Fsp3) is 0.611. The lowest BCUT2D eigenvalue weighted by Gasteiger charge is -2.36. The Labute approximate surface area is 158 Å². The predicted molar refractivity (Wildman–Crippen MR) is 105 cm³/mol. The van der Waals surface area contributed by atoms with Crippen molar-refractivity contribution in [3.05, 3.63) is 35.9 Å². The standard InChI is InChI=1S/C18H29N3O.2ClH/c1-19-12-7-11-18(22)20-14-17-10-5-6-13-21(17)15-16-8-3-2-4-9-16;;/h2-4,8-9,17,19H,5-7,10-15H2,1H3,(H,20,22);2*1H. The van der Waals surface area contributed by atoms with Crippen LogP contribution >= 0.6 is 24.8 Å². The molecule has 2 N–H and O–H groups in total. The molecule has 1 unspecified atom stereocenters. The van der Waals surface area contributed by atoms with E-state index in [1.807, 2.05) is 7.05 Å². The molecule has 0 saturated carbocycles. The van der Waals surface area contributed by atoms with E-state index in [0.29, 0.717) is 12.5 Å². The molecule has 0 aromatic heterocycles. The molecule has 1 aliphatic heterocycles. The number of piperidine rings is 1. The summed E-state index contributed by atoms with van der Waals surface area (Å²) in [6.07, 6.45) is 5.24. The van der Waals surface area contributed by atoms with Gasteiger partial charge in [0.2, 0.25) is 5.91 Å². The van der Waals surface area contributed by atoms with E-state index in [-0.39, 0.29) is 30.7 Å². The van der Waals surface area contributed by atoms with E-state index in [1.54, 1.807) is 0 Å². The highest BCUT2D eigenvalue weighted by Gasteiger charge is 2.22. The molecular formula is C18H31Cl2N3O. The molecular weight excluding hydrogens is 345 g/mol. The molecule has 0 aliphatic carbocycles. The number of rotatable bonds is 8. The first-order valence-electron chi connectivity index (χ1n) is 8.49. The number of benzene rings is 1. The molecule has 2 rings (SSSR count). The van der Waals surface area contributed by atoms with Gasteiger partial charge in [-0.25, -0.2) is 0 Å². The van der Waals surface area contributed by atoms with Gasteiger partial charge in [-0.05, 0) is 45.0 Å². The number of likely N-dealkylation sites (tertiary alicyclic amines) is 1. The van der Waals surface area contributed by atoms with Gasteiger partial charge < -0.3 is 10.6 Å². The van der Waals surface area contributed by atoms with Crippen LogP contribution in [0.2, 0.25) is 0 Å². The highest BCUT2D eigenvalue weighted by atomic mass is 35.5. The van der Waals surface area contributed by atoms with Crippen molar-refractivity contribution in [2.75, 3.05) is 26.7 Å². The Morgan fingerprint density at radius 1 is 1.21 bits per heavy atom. The lowest BCUT2D eigenvalue weighted by molar-refractivity contribution is -0.121. The average molecular weight is 376 g/mol. The Hall–Kier alpha value is -0.810. The summed E-state index contributed by atoms with van der Waals surface area (Å²) >= 11 is 0. The van der Waals surface area contributed by atoms with Gasteiger partial charge in [0.15, 0.2) is 0 Å². The zero-order chi connectivity index (χ0) is 15.6. The quantitative estimate of drug-likeness (QED) is 0.686. The van der Waals surface area contributed by atoms with Crippen molar-refractivity contribution in [2.45, 2.75) is 44.7 Å². The van der Waals surface area contributed by atoms with Crippen LogP contribution in [0.3, 0.4) is 0 Å². The summed E-state index contributed by atoms with van der Waals surface area (Å²) in [6, 6.07) is 11.1. The van der Waals surface area contributed by atoms with Crippen molar-refractivity contribution < 1.29 is 4.79 Å². The Balaban J connectivity index is 0.00000264. The SMILES string of the molecule is CNCCCC(=O)NCC1CCCCN1Cc1ccccc1.Cl.Cl. The van der Waals surface area contributed by atoms with Gasteiger partial charge in [-0.3, -0.25) is 9.69 Å². The lowest BCUT2D eigenvalue weighted by Crippen LogP contribution is -2.46. The lowest BCUT2D eigenvalue weighted by atomic mass is 10.0. The molecule has 1 atom stereocenters. The molecule has 1 aromatic rings. The first-order chi connectivity index (χ1) is 10.8. The van der Waals surface area contributed by atoms with E-state index in [2.05, 4.69) is 45.9 Å². The number of nitrogens with zero attached hydrogens (tertiary/aromatic N) is 1. The highest BCUT2D eigenvalue weighted by Crippen LogP contribution is 2.19. The van der Waals surface area contributed by atoms with Gasteiger partial charge in [0.05, 0.1) is 0 Å². The van der Waals surface area contributed by atoms with E-state index in [1.165, 1.54) is 24.8 Å². The first-order valence-corrected chi connectivity index (χ1v) is 8.49. The molecule has 1 amide bonds. The van der Waals surface area contributed by atoms with Crippen molar-refractivity contribution in [2.24, 2.45) is 0 Å². The van der Waals surface area contributed by atoms with Crippen LogP contribution in [0.5, 0.6) is 0 Å². The van der Waals surface area contributed by atoms with Crippen molar-refractivity contribution in [1.82, 2.24) is 15.5 Å². The van der Waals surface area contributed by atoms with Crippen molar-refractivity contribution in [3.63, 3.8) is 0 Å². The predicted octanol–water partition coefficient (Wildman–Crippen LogP) is 3.00. The van der Waals surface area contributed by atoms with Crippen LogP contribution in [-0.4, -0.2) is 43.5 Å². The molecule has 1 fully saturated rings. The normalized spacial score (nSPS) is 17.5. The molecule has 1 aromatic carbocycles. The molecule has 1 heterocycles. The largest absolute Gasteiger partial charge is 0.355 e. The first kappa shape index (κ1) is 23.2. The molecule has 0 bridgehead atoms. The van der Waals surface area contributed by atoms with E-state index >= 15 is 0 Å². The molecule has 0 radical (unpaired) electrons. The van der Waals surface area contributed by atoms with Gasteiger partial charge in [0.25, 0.3) is 0 Å². The minimum Gasteiger partial charge on any atom is -0.355 e. The summed E-state index contributed by atoms with van der Waals surface area (Å²) in [4.78, 5) is 14.4. The second-order valence-electron chi connectivity index (χ2n) is 6.12. The topological polar surface area (TPSA) is 44.4 Å². The zero-order valence-corrected chi connectivity index (χ0v) is 16.1. The summed E-state index contributed by atoms with van der Waals surface area (Å²) in [7, 11) is 1.92. The second-order valence-corrected chi connectivity index (χ2v) is 6.12. The van der Waals surface area contributed by atoms with Gasteiger partial charge in [0.1, 0.15) is 0 Å². The molecule has 0 spiro atoms. The van der Waals surface area contributed by atoms with Crippen LogP contribution in [0.25, 0.3) is 0 Å². The van der Waals surface area contributed by atoms with Gasteiger partial charge in [-0.1, -0.05) is 36.8 Å². The summed E-state index contributed by atoms with van der Waals surface area (Å²) in [5.74, 6) is 0.181. The number of hydrogen-bond donors (Lipinski definition) is 2. The van der Waals surface area contributed by atoms with Crippen LogP contribution in [0, 0.1) is 0 Å². The maximum Gasteiger partial charge on any atom is 0.220 e. The number of halogens is 2. The van der Waals surface area contributed by atoms with Gasteiger partial charge in [0, 0.05) is 25.6 Å². The number of hydrogen-bond acceptors (Lipinski definition) is 3. The molecule has 1 saturated heterocycles. The summed E-state index contributed by atoms with van der Waals surface area (Å²) in [5.41, 5.74) is 1.36. The van der Waals surface area contributed by atoms with Crippen molar-refractivity contribution in [1.29, 1.82) is 0 Å². The van der Waals surface area contributed by atoms with Gasteiger partial charge in [-0.2, -0.15) is 0 Å². The third kappa shape index (κ3) is 8.34. The minimum atomic E-state index is 0. The van der Waals surface area contributed by atoms with Crippen LogP contribution in [0.4, 0.5) is 0 Å². The molecule has 1 aliphatic rings. The van der Waals surface area contributed by atoms with Crippen LogP contribution in [-0.2, 0) is 11.3 Å². The molecule has 6 heteroatoms. The van der Waals surface area contributed by atoms with Crippen LogP contribution in [0.1, 0.15) is 37.7 Å². The second kappa shape index (κ2) is 13.5. The Kier molecular flexibility index (Phi) is 13.0. The number of nitrogens with one attached hydrogen (secondary N) is 2. The maximum atomic E-state index is 11.9. The van der Waals surface area contributed by atoms with Crippen molar-refractivity contribution >= 4 is 30.7 Å². The molecule has 4 nitrogen and oxygen atoms in total. The van der Waals surface area contributed by atoms with E-state index in [0.717, 1.165) is 32.6 Å². The Morgan fingerprint density at radius 3 is 2.67 bits per heavy atom. The third-order valence-corrected chi connectivity index (χ3v) is 4.34. The average Bonchev–Trinajstić information content (AvgIpc) is 2.55. The Morgan fingerprint density at radius 2 is 1.96 bits per heavy atom. The van der Waals surface area contributed by atoms with Crippen molar-refractivity contribution in [3.8, 4) is 0 Å².